The van der Waals surface area contributed by atoms with Crippen molar-refractivity contribution < 1.29 is 15.0 Å². The zero-order valence-electron chi connectivity index (χ0n) is 7.31. The molecule has 0 amide bonds. The maximum absolute atomic E-state index is 10.7. The number of hydrogen-bond acceptors (Lipinski definition) is 4. The Kier molecular flexibility index (Phi) is 2.28. The van der Waals surface area contributed by atoms with Crippen molar-refractivity contribution in [3.63, 3.8) is 0 Å². The van der Waals surface area contributed by atoms with Gasteiger partial charge in [0, 0.05) is 11.6 Å². The van der Waals surface area contributed by atoms with Crippen LogP contribution in [0, 0.1) is 0 Å². The second-order valence-electron chi connectivity index (χ2n) is 2.80. The van der Waals surface area contributed by atoms with Crippen molar-refractivity contribution in [2.24, 2.45) is 0 Å². The first-order valence-electron chi connectivity index (χ1n) is 3.97. The first-order valence-corrected chi connectivity index (χ1v) is 4.77. The summed E-state index contributed by atoms with van der Waals surface area (Å²) < 4.78 is 0.348. The van der Waals surface area contributed by atoms with Crippen molar-refractivity contribution in [3.05, 3.63) is 28.6 Å². The largest absolute Gasteiger partial charge is 0.504 e. The molecule has 2 aromatic heterocycles. The van der Waals surface area contributed by atoms with E-state index in [1.54, 1.807) is 12.1 Å². The molecule has 0 aliphatic heterocycles. The van der Waals surface area contributed by atoms with E-state index in [9.17, 15) is 9.90 Å². The zero-order valence-corrected chi connectivity index (χ0v) is 8.89. The molecule has 15 heavy (non-hydrogen) atoms. The van der Waals surface area contributed by atoms with Crippen LogP contribution in [0.25, 0.3) is 10.9 Å². The number of fused-ring (bicyclic) bond motifs is 1. The van der Waals surface area contributed by atoms with Gasteiger partial charge in [0.05, 0.1) is 0 Å². The van der Waals surface area contributed by atoms with Gasteiger partial charge >= 0.3 is 5.97 Å². The first kappa shape index (κ1) is 9.85. The molecule has 6 heteroatoms. The Labute approximate surface area is 92.5 Å². The van der Waals surface area contributed by atoms with E-state index in [-0.39, 0.29) is 5.52 Å². The van der Waals surface area contributed by atoms with Crippen molar-refractivity contribution >= 4 is 32.8 Å². The number of halogens is 1. The highest BCUT2D eigenvalue weighted by molar-refractivity contribution is 9.10. The van der Waals surface area contributed by atoms with E-state index in [1.807, 2.05) is 0 Å². The lowest BCUT2D eigenvalue weighted by Crippen LogP contribution is -2.02. The first-order chi connectivity index (χ1) is 7.11. The lowest BCUT2D eigenvalue weighted by Gasteiger charge is -2.04. The third kappa shape index (κ3) is 1.52. The fraction of sp³-hybridized carbons (Fsp3) is 0. The molecule has 0 saturated carbocycles. The summed E-state index contributed by atoms with van der Waals surface area (Å²) in [6.07, 6.45) is 1.47. The van der Waals surface area contributed by atoms with E-state index in [1.165, 1.54) is 6.20 Å². The van der Waals surface area contributed by atoms with E-state index < -0.39 is 17.4 Å². The predicted octanol–water partition coefficient (Wildman–Crippen LogP) is 1.80. The molecular weight excluding hydrogens is 264 g/mol. The Bertz CT molecular complexity index is 556. The molecule has 2 aromatic rings. The van der Waals surface area contributed by atoms with E-state index in [4.69, 9.17) is 5.11 Å². The highest BCUT2D eigenvalue weighted by Gasteiger charge is 2.17. The van der Waals surface area contributed by atoms with Crippen LogP contribution in [0.15, 0.2) is 22.9 Å². The Hall–Kier alpha value is -1.69. The SMILES string of the molecule is O=C(O)c1nc(Br)c2cccnc2c1O. The molecule has 5 nitrogen and oxygen atoms in total. The Balaban J connectivity index is 2.90. The van der Waals surface area contributed by atoms with Crippen LogP contribution in [-0.4, -0.2) is 26.2 Å². The monoisotopic (exact) mass is 268 g/mol. The standard InChI is InChI=1S/C9H5BrN2O3/c10-8-4-2-1-3-11-5(4)7(13)6(12-8)9(14)15/h1-3,13H,(H,14,15). The third-order valence-corrected chi connectivity index (χ3v) is 2.50. The molecule has 0 aliphatic rings. The molecule has 0 radical (unpaired) electrons. The second-order valence-corrected chi connectivity index (χ2v) is 3.56. The number of carboxylic acids is 1. The lowest BCUT2D eigenvalue weighted by molar-refractivity contribution is 0.0687. The second kappa shape index (κ2) is 3.47. The molecule has 0 saturated heterocycles. The average molecular weight is 269 g/mol. The summed E-state index contributed by atoms with van der Waals surface area (Å²) in [5.41, 5.74) is -0.190. The molecule has 0 aromatic carbocycles. The van der Waals surface area contributed by atoms with Gasteiger partial charge in [0.2, 0.25) is 0 Å². The van der Waals surface area contributed by atoms with Crippen LogP contribution in [0.1, 0.15) is 10.5 Å². The van der Waals surface area contributed by atoms with Crippen LogP contribution in [0.4, 0.5) is 0 Å². The van der Waals surface area contributed by atoms with E-state index >= 15 is 0 Å². The number of aromatic carboxylic acids is 1. The van der Waals surface area contributed by atoms with Gasteiger partial charge in [-0.15, -0.1) is 0 Å². The lowest BCUT2D eigenvalue weighted by atomic mass is 10.2. The van der Waals surface area contributed by atoms with Crippen LogP contribution in [0.3, 0.4) is 0 Å². The molecule has 0 spiro atoms. The topological polar surface area (TPSA) is 83.3 Å². The number of carboxylic acid groups (broad SMARTS) is 1. The van der Waals surface area contributed by atoms with E-state index in [0.29, 0.717) is 9.99 Å². The summed E-state index contributed by atoms with van der Waals surface area (Å²) >= 11 is 3.12. The number of nitrogens with zero attached hydrogens (tertiary/aromatic N) is 2. The van der Waals surface area contributed by atoms with Crippen LogP contribution in [0.5, 0.6) is 5.75 Å². The predicted molar refractivity (Wildman–Crippen MR) is 55.9 cm³/mol. The highest BCUT2D eigenvalue weighted by atomic mass is 79.9. The van der Waals surface area contributed by atoms with Gasteiger partial charge in [-0.25, -0.2) is 9.78 Å². The van der Waals surface area contributed by atoms with Gasteiger partial charge in [-0.1, -0.05) is 0 Å². The maximum Gasteiger partial charge on any atom is 0.358 e. The van der Waals surface area contributed by atoms with E-state index in [2.05, 4.69) is 25.9 Å². The van der Waals surface area contributed by atoms with Gasteiger partial charge in [-0.3, -0.25) is 4.98 Å². The molecule has 0 aliphatic carbocycles. The Morgan fingerprint density at radius 1 is 1.47 bits per heavy atom. The van der Waals surface area contributed by atoms with Crippen LogP contribution in [0.2, 0.25) is 0 Å². The van der Waals surface area contributed by atoms with Crippen molar-refractivity contribution in [2.75, 3.05) is 0 Å². The molecule has 2 heterocycles. The fourth-order valence-corrected chi connectivity index (χ4v) is 1.73. The summed E-state index contributed by atoms with van der Waals surface area (Å²) in [6.45, 7) is 0. The van der Waals surface area contributed by atoms with Crippen LogP contribution in [-0.2, 0) is 0 Å². The molecule has 0 bridgehead atoms. The Morgan fingerprint density at radius 2 is 2.20 bits per heavy atom. The Morgan fingerprint density at radius 3 is 2.87 bits per heavy atom. The van der Waals surface area contributed by atoms with Crippen LogP contribution >= 0.6 is 15.9 Å². The van der Waals surface area contributed by atoms with Gasteiger partial charge < -0.3 is 10.2 Å². The molecule has 0 fully saturated rings. The number of rotatable bonds is 1. The van der Waals surface area contributed by atoms with Crippen molar-refractivity contribution in [2.45, 2.75) is 0 Å². The number of aromatic nitrogens is 2. The van der Waals surface area contributed by atoms with Gasteiger partial charge in [-0.05, 0) is 28.1 Å². The van der Waals surface area contributed by atoms with Gasteiger partial charge in [0.25, 0.3) is 0 Å². The van der Waals surface area contributed by atoms with E-state index in [0.717, 1.165) is 0 Å². The zero-order chi connectivity index (χ0) is 11.0. The summed E-state index contributed by atoms with van der Waals surface area (Å²) in [7, 11) is 0. The van der Waals surface area contributed by atoms with Gasteiger partial charge in [-0.2, -0.15) is 0 Å². The quantitative estimate of drug-likeness (QED) is 0.771. The maximum atomic E-state index is 10.7. The summed E-state index contributed by atoms with van der Waals surface area (Å²) in [6, 6.07) is 3.36. The molecule has 0 atom stereocenters. The molecular formula is C9H5BrN2O3. The van der Waals surface area contributed by atoms with Gasteiger partial charge in [0.1, 0.15) is 10.1 Å². The molecule has 76 valence electrons. The normalized spacial score (nSPS) is 10.5. The summed E-state index contributed by atoms with van der Waals surface area (Å²) in [4.78, 5) is 18.4. The van der Waals surface area contributed by atoms with Crippen molar-refractivity contribution in [1.82, 2.24) is 9.97 Å². The van der Waals surface area contributed by atoms with Crippen LogP contribution < -0.4 is 0 Å². The number of aromatic hydroxyl groups is 1. The summed E-state index contributed by atoms with van der Waals surface area (Å²) in [5.74, 6) is -1.71. The highest BCUT2D eigenvalue weighted by Crippen LogP contribution is 2.30. The minimum absolute atomic E-state index is 0.219. The molecule has 2 N–H and O–H groups in total. The number of hydrogen-bond donors (Lipinski definition) is 2. The average Bonchev–Trinajstić information content (AvgIpc) is 2.23. The molecule has 2 rings (SSSR count). The summed E-state index contributed by atoms with van der Waals surface area (Å²) in [5, 5.41) is 19.0. The smallest absolute Gasteiger partial charge is 0.358 e. The van der Waals surface area contributed by atoms with Gasteiger partial charge in [0.15, 0.2) is 11.4 Å². The minimum atomic E-state index is -1.29. The third-order valence-electron chi connectivity index (χ3n) is 1.89. The number of carbonyl (C=O) groups is 1. The molecule has 0 unspecified atom stereocenters. The van der Waals surface area contributed by atoms with Crippen molar-refractivity contribution in [1.29, 1.82) is 0 Å². The van der Waals surface area contributed by atoms with Crippen molar-refractivity contribution in [3.8, 4) is 5.75 Å². The minimum Gasteiger partial charge on any atom is -0.504 e. The fourth-order valence-electron chi connectivity index (χ4n) is 1.23. The number of pyridine rings is 2.